The van der Waals surface area contributed by atoms with Gasteiger partial charge in [0.25, 0.3) is 0 Å². The summed E-state index contributed by atoms with van der Waals surface area (Å²) in [5.74, 6) is 0. The quantitative estimate of drug-likeness (QED) is 0.438. The third-order valence-electron chi connectivity index (χ3n) is 5.38. The number of benzene rings is 2. The van der Waals surface area contributed by atoms with E-state index in [1.165, 1.54) is 0 Å². The normalized spacial score (nSPS) is 13.8. The van der Waals surface area contributed by atoms with E-state index in [1.54, 1.807) is 23.1 Å². The number of rotatable bonds is 4. The summed E-state index contributed by atoms with van der Waals surface area (Å²) in [7, 11) is 0. The highest BCUT2D eigenvalue weighted by Crippen LogP contribution is 2.27. The highest BCUT2D eigenvalue weighted by Gasteiger charge is 2.16. The van der Waals surface area contributed by atoms with Crippen LogP contribution in [0.25, 0.3) is 16.8 Å². The molecular formula is C23H22ClN7O. The van der Waals surface area contributed by atoms with Gasteiger partial charge in [0.1, 0.15) is 0 Å². The van der Waals surface area contributed by atoms with Gasteiger partial charge in [0.05, 0.1) is 35.7 Å². The fourth-order valence-electron chi connectivity index (χ4n) is 3.82. The first-order valence-corrected chi connectivity index (χ1v) is 10.8. The zero-order valence-electron chi connectivity index (χ0n) is 17.3. The van der Waals surface area contributed by atoms with E-state index in [-0.39, 0.29) is 6.03 Å². The molecule has 4 aromatic rings. The number of fused-ring (bicyclic) bond motifs is 1. The van der Waals surface area contributed by atoms with Crippen LogP contribution in [0.5, 0.6) is 0 Å². The maximum absolute atomic E-state index is 12.7. The van der Waals surface area contributed by atoms with Crippen LogP contribution in [0, 0.1) is 0 Å². The van der Waals surface area contributed by atoms with E-state index < -0.39 is 0 Å². The summed E-state index contributed by atoms with van der Waals surface area (Å²) in [6.45, 7) is 3.65. The number of halogens is 1. The summed E-state index contributed by atoms with van der Waals surface area (Å²) in [4.78, 5) is 19.5. The Morgan fingerprint density at radius 1 is 1.00 bits per heavy atom. The molecule has 9 heteroatoms. The van der Waals surface area contributed by atoms with Crippen molar-refractivity contribution < 1.29 is 4.79 Å². The number of urea groups is 1. The standard InChI is InChI=1S/C23H22ClN7O/c24-17-7-5-16(6-8-17)19-14-27-31-15-18(13-26-22(19)31)28-23(32)29-20-3-1-2-4-21(20)30-11-9-25-10-12-30/h1-8,13-15,25H,9-12H2,(H2,28,29,32). The van der Waals surface area contributed by atoms with E-state index in [2.05, 4.69) is 30.9 Å². The molecule has 1 aliphatic heterocycles. The topological polar surface area (TPSA) is 86.6 Å². The number of carbonyl (C=O) groups is 1. The molecule has 3 N–H and O–H groups in total. The molecule has 2 aromatic carbocycles. The minimum Gasteiger partial charge on any atom is -0.367 e. The number of aromatic nitrogens is 3. The predicted octanol–water partition coefficient (Wildman–Crippen LogP) is 4.10. The summed E-state index contributed by atoms with van der Waals surface area (Å²) in [5, 5.41) is 14.2. The van der Waals surface area contributed by atoms with E-state index in [0.717, 1.165) is 48.7 Å². The lowest BCUT2D eigenvalue weighted by molar-refractivity contribution is 0.262. The maximum Gasteiger partial charge on any atom is 0.323 e. The number of carbonyl (C=O) groups excluding carboxylic acids is 1. The molecule has 3 heterocycles. The van der Waals surface area contributed by atoms with E-state index >= 15 is 0 Å². The van der Waals surface area contributed by atoms with Crippen molar-refractivity contribution >= 4 is 40.3 Å². The Labute approximate surface area is 190 Å². The molecular weight excluding hydrogens is 426 g/mol. The first kappa shape index (κ1) is 20.3. The molecule has 0 unspecified atom stereocenters. The molecule has 0 radical (unpaired) electrons. The first-order chi connectivity index (χ1) is 15.7. The van der Waals surface area contributed by atoms with Gasteiger partial charge in [-0.15, -0.1) is 0 Å². The van der Waals surface area contributed by atoms with E-state index in [0.29, 0.717) is 16.4 Å². The third-order valence-corrected chi connectivity index (χ3v) is 5.63. The minimum atomic E-state index is -0.334. The Bertz CT molecular complexity index is 1250. The van der Waals surface area contributed by atoms with Crippen LogP contribution in [0.2, 0.25) is 5.02 Å². The number of piperazine rings is 1. The van der Waals surface area contributed by atoms with Gasteiger partial charge in [-0.3, -0.25) is 0 Å². The molecule has 0 aliphatic carbocycles. The van der Waals surface area contributed by atoms with Gasteiger partial charge in [0.2, 0.25) is 0 Å². The van der Waals surface area contributed by atoms with Crippen LogP contribution < -0.4 is 20.9 Å². The number of nitrogens with one attached hydrogen (secondary N) is 3. The Balaban J connectivity index is 1.32. The summed E-state index contributed by atoms with van der Waals surface area (Å²) in [6, 6.07) is 15.0. The van der Waals surface area contributed by atoms with Gasteiger partial charge < -0.3 is 20.9 Å². The average molecular weight is 448 g/mol. The van der Waals surface area contributed by atoms with Crippen LogP contribution in [0.4, 0.5) is 21.9 Å². The molecule has 32 heavy (non-hydrogen) atoms. The largest absolute Gasteiger partial charge is 0.367 e. The van der Waals surface area contributed by atoms with Crippen LogP contribution >= 0.6 is 11.6 Å². The van der Waals surface area contributed by atoms with Crippen molar-refractivity contribution in [2.24, 2.45) is 0 Å². The number of nitrogens with zero attached hydrogens (tertiary/aromatic N) is 4. The fourth-order valence-corrected chi connectivity index (χ4v) is 3.94. The average Bonchev–Trinajstić information content (AvgIpc) is 3.24. The van der Waals surface area contributed by atoms with Crippen molar-refractivity contribution in [2.45, 2.75) is 0 Å². The maximum atomic E-state index is 12.7. The molecule has 0 atom stereocenters. The number of para-hydroxylation sites is 2. The predicted molar refractivity (Wildman–Crippen MR) is 128 cm³/mol. The molecule has 1 fully saturated rings. The van der Waals surface area contributed by atoms with Crippen molar-refractivity contribution in [3.8, 4) is 11.1 Å². The second-order valence-electron chi connectivity index (χ2n) is 7.51. The van der Waals surface area contributed by atoms with Gasteiger partial charge in [-0.25, -0.2) is 14.3 Å². The van der Waals surface area contributed by atoms with Gasteiger partial charge in [0.15, 0.2) is 5.65 Å². The van der Waals surface area contributed by atoms with Crippen molar-refractivity contribution in [3.63, 3.8) is 0 Å². The first-order valence-electron chi connectivity index (χ1n) is 10.4. The summed E-state index contributed by atoms with van der Waals surface area (Å²) >= 11 is 5.98. The van der Waals surface area contributed by atoms with Gasteiger partial charge >= 0.3 is 6.03 Å². The summed E-state index contributed by atoms with van der Waals surface area (Å²) in [5.41, 5.74) is 4.88. The Morgan fingerprint density at radius 3 is 2.59 bits per heavy atom. The molecule has 1 saturated heterocycles. The molecule has 0 bridgehead atoms. The lowest BCUT2D eigenvalue weighted by Gasteiger charge is -2.31. The molecule has 1 aliphatic rings. The highest BCUT2D eigenvalue weighted by atomic mass is 35.5. The Morgan fingerprint density at radius 2 is 1.78 bits per heavy atom. The van der Waals surface area contributed by atoms with Crippen LogP contribution in [-0.4, -0.2) is 46.8 Å². The van der Waals surface area contributed by atoms with Crippen LogP contribution in [-0.2, 0) is 0 Å². The van der Waals surface area contributed by atoms with E-state index in [9.17, 15) is 4.79 Å². The molecule has 2 amide bonds. The van der Waals surface area contributed by atoms with E-state index in [1.807, 2.05) is 48.5 Å². The van der Waals surface area contributed by atoms with Gasteiger partial charge in [-0.2, -0.15) is 5.10 Å². The smallest absolute Gasteiger partial charge is 0.323 e. The second-order valence-corrected chi connectivity index (χ2v) is 7.95. The van der Waals surface area contributed by atoms with Crippen molar-refractivity contribution in [1.82, 2.24) is 19.9 Å². The summed E-state index contributed by atoms with van der Waals surface area (Å²) in [6.07, 6.45) is 5.11. The van der Waals surface area contributed by atoms with Gasteiger partial charge in [0, 0.05) is 36.8 Å². The summed E-state index contributed by atoms with van der Waals surface area (Å²) < 4.78 is 1.65. The van der Waals surface area contributed by atoms with Gasteiger partial charge in [-0.05, 0) is 29.8 Å². The molecule has 162 valence electrons. The zero-order chi connectivity index (χ0) is 21.9. The molecule has 8 nitrogen and oxygen atoms in total. The fraction of sp³-hybridized carbons (Fsp3) is 0.174. The van der Waals surface area contributed by atoms with Gasteiger partial charge in [-0.1, -0.05) is 35.9 Å². The molecule has 0 saturated carbocycles. The van der Waals surface area contributed by atoms with Crippen molar-refractivity contribution in [2.75, 3.05) is 41.7 Å². The Kier molecular flexibility index (Phi) is 5.62. The van der Waals surface area contributed by atoms with E-state index in [4.69, 9.17) is 11.6 Å². The highest BCUT2D eigenvalue weighted by molar-refractivity contribution is 6.30. The zero-order valence-corrected chi connectivity index (χ0v) is 18.0. The monoisotopic (exact) mass is 447 g/mol. The molecule has 5 rings (SSSR count). The van der Waals surface area contributed by atoms with Crippen LogP contribution in [0.3, 0.4) is 0 Å². The van der Waals surface area contributed by atoms with Crippen molar-refractivity contribution in [3.05, 3.63) is 72.1 Å². The lowest BCUT2D eigenvalue weighted by atomic mass is 10.1. The third kappa shape index (κ3) is 4.23. The van der Waals surface area contributed by atoms with Crippen molar-refractivity contribution in [1.29, 1.82) is 0 Å². The Hall–Kier alpha value is -3.62. The number of hydrogen-bond acceptors (Lipinski definition) is 5. The van der Waals surface area contributed by atoms with Crippen LogP contribution in [0.15, 0.2) is 67.1 Å². The molecule has 0 spiro atoms. The lowest BCUT2D eigenvalue weighted by Crippen LogP contribution is -2.43. The minimum absolute atomic E-state index is 0.334. The van der Waals surface area contributed by atoms with Crippen LogP contribution in [0.1, 0.15) is 0 Å². The SMILES string of the molecule is O=C(Nc1cnc2c(-c3ccc(Cl)cc3)cnn2c1)Nc1ccccc1N1CCNCC1. The number of anilines is 3. The number of amides is 2. The second kappa shape index (κ2) is 8.86. The number of hydrogen-bond donors (Lipinski definition) is 3. The molecule has 2 aromatic heterocycles.